The van der Waals surface area contributed by atoms with Crippen LogP contribution < -0.4 is 10.5 Å². The third kappa shape index (κ3) is 3.25. The van der Waals surface area contributed by atoms with Crippen molar-refractivity contribution in [2.45, 2.75) is 63.0 Å². The summed E-state index contributed by atoms with van der Waals surface area (Å²) in [6.45, 7) is 1.14. The summed E-state index contributed by atoms with van der Waals surface area (Å²) in [6.07, 6.45) is 9.42. The molecule has 0 aromatic rings. The maximum absolute atomic E-state index is 12.2. The first kappa shape index (κ1) is 14.3. The van der Waals surface area contributed by atoms with E-state index in [0.717, 1.165) is 38.5 Å². The van der Waals surface area contributed by atoms with Gasteiger partial charge in [0.25, 0.3) is 0 Å². The lowest BCUT2D eigenvalue weighted by Gasteiger charge is -2.29. The molecule has 0 saturated heterocycles. The Balaban J connectivity index is 1.91. The molecule has 0 radical (unpaired) electrons. The van der Waals surface area contributed by atoms with Gasteiger partial charge in [-0.2, -0.15) is 0 Å². The fourth-order valence-electron chi connectivity index (χ4n) is 3.33. The zero-order valence-electron chi connectivity index (χ0n) is 11.2. The number of hydrogen-bond donors (Lipinski definition) is 2. The molecule has 0 unspecified atom stereocenters. The third-order valence-electron chi connectivity index (χ3n) is 4.74. The van der Waals surface area contributed by atoms with Gasteiger partial charge in [0.1, 0.15) is 0 Å². The minimum Gasteiger partial charge on any atom is -0.330 e. The Morgan fingerprint density at radius 3 is 2.22 bits per heavy atom. The van der Waals surface area contributed by atoms with Crippen molar-refractivity contribution in [3.05, 3.63) is 0 Å². The quantitative estimate of drug-likeness (QED) is 0.802. The first-order valence-electron chi connectivity index (χ1n) is 7.27. The summed E-state index contributed by atoms with van der Waals surface area (Å²) < 4.78 is 27.4. The predicted molar refractivity (Wildman–Crippen MR) is 73.8 cm³/mol. The minimum absolute atomic E-state index is 0.0295. The molecule has 3 N–H and O–H groups in total. The molecule has 2 saturated carbocycles. The van der Waals surface area contributed by atoms with E-state index in [2.05, 4.69) is 4.72 Å². The summed E-state index contributed by atoms with van der Waals surface area (Å²) >= 11 is 0. The molecule has 0 aromatic heterocycles. The van der Waals surface area contributed by atoms with Gasteiger partial charge in [-0.1, -0.05) is 32.1 Å². The van der Waals surface area contributed by atoms with Crippen LogP contribution in [0.4, 0.5) is 0 Å². The van der Waals surface area contributed by atoms with Crippen LogP contribution in [0.15, 0.2) is 0 Å². The second-order valence-corrected chi connectivity index (χ2v) is 8.08. The molecule has 0 bridgehead atoms. The van der Waals surface area contributed by atoms with Gasteiger partial charge in [-0.25, -0.2) is 13.1 Å². The average molecular weight is 274 g/mol. The normalized spacial score (nSPS) is 25.4. The highest BCUT2D eigenvalue weighted by Crippen LogP contribution is 2.36. The molecule has 0 spiro atoms. The molecule has 106 valence electrons. The Morgan fingerprint density at radius 1 is 1.06 bits per heavy atom. The monoisotopic (exact) mass is 274 g/mol. The minimum atomic E-state index is -3.12. The highest BCUT2D eigenvalue weighted by molar-refractivity contribution is 7.90. The van der Waals surface area contributed by atoms with Crippen LogP contribution in [0.5, 0.6) is 0 Å². The fourth-order valence-corrected chi connectivity index (χ4v) is 5.02. The number of nitrogens with two attached hydrogens (primary N) is 1. The summed E-state index contributed by atoms with van der Waals surface area (Å²) in [4.78, 5) is 0. The molecule has 18 heavy (non-hydrogen) atoms. The van der Waals surface area contributed by atoms with Crippen molar-refractivity contribution in [2.24, 2.45) is 11.1 Å². The summed E-state index contributed by atoms with van der Waals surface area (Å²) in [5.41, 5.74) is 5.87. The molecule has 0 aliphatic heterocycles. The first-order chi connectivity index (χ1) is 8.58. The molecule has 0 atom stereocenters. The number of hydrogen-bond acceptors (Lipinski definition) is 3. The Morgan fingerprint density at radius 2 is 1.67 bits per heavy atom. The fraction of sp³-hybridized carbons (Fsp3) is 1.00. The molecular formula is C13H26N2O2S. The molecule has 5 heteroatoms. The van der Waals surface area contributed by atoms with Crippen LogP contribution in [0.3, 0.4) is 0 Å². The Bertz CT molecular complexity index is 355. The van der Waals surface area contributed by atoms with Gasteiger partial charge < -0.3 is 5.73 Å². The van der Waals surface area contributed by atoms with Crippen LogP contribution in [0.1, 0.15) is 57.8 Å². The van der Waals surface area contributed by atoms with E-state index in [4.69, 9.17) is 5.73 Å². The van der Waals surface area contributed by atoms with Gasteiger partial charge in [0, 0.05) is 6.54 Å². The summed E-state index contributed by atoms with van der Waals surface area (Å²) in [6, 6.07) is 0. The molecule has 2 aliphatic carbocycles. The smallest absolute Gasteiger partial charge is 0.214 e. The van der Waals surface area contributed by atoms with Gasteiger partial charge >= 0.3 is 0 Å². The largest absolute Gasteiger partial charge is 0.330 e. The van der Waals surface area contributed by atoms with E-state index in [1.165, 1.54) is 19.3 Å². The van der Waals surface area contributed by atoms with Crippen LogP contribution >= 0.6 is 0 Å². The molecule has 2 rings (SSSR count). The number of rotatable bonds is 5. The van der Waals surface area contributed by atoms with Gasteiger partial charge in [0.05, 0.1) is 5.25 Å². The van der Waals surface area contributed by atoms with Crippen molar-refractivity contribution in [1.29, 1.82) is 0 Å². The van der Waals surface area contributed by atoms with Crippen LogP contribution in [-0.4, -0.2) is 26.8 Å². The first-order valence-corrected chi connectivity index (χ1v) is 8.81. The molecule has 2 fully saturated rings. The zero-order valence-corrected chi connectivity index (χ0v) is 12.0. The van der Waals surface area contributed by atoms with Crippen molar-refractivity contribution in [2.75, 3.05) is 13.1 Å². The molecular weight excluding hydrogens is 248 g/mol. The van der Waals surface area contributed by atoms with E-state index in [1.54, 1.807) is 0 Å². The van der Waals surface area contributed by atoms with Gasteiger partial charge in [-0.15, -0.1) is 0 Å². The van der Waals surface area contributed by atoms with Crippen LogP contribution in [-0.2, 0) is 10.0 Å². The van der Waals surface area contributed by atoms with Gasteiger partial charge in [0.2, 0.25) is 10.0 Å². The standard InChI is InChI=1S/C13H26N2O2S/c14-10-13(8-4-5-9-13)11-15-18(16,17)12-6-2-1-3-7-12/h12,15H,1-11,14H2. The number of sulfonamides is 1. The lowest BCUT2D eigenvalue weighted by atomic mass is 9.87. The van der Waals surface area contributed by atoms with Crippen LogP contribution in [0, 0.1) is 5.41 Å². The van der Waals surface area contributed by atoms with Crippen LogP contribution in [0.25, 0.3) is 0 Å². The Labute approximate surface area is 111 Å². The van der Waals surface area contributed by atoms with Gasteiger partial charge in [0.15, 0.2) is 0 Å². The predicted octanol–water partition coefficient (Wildman–Crippen LogP) is 1.76. The van der Waals surface area contributed by atoms with E-state index in [-0.39, 0.29) is 10.7 Å². The molecule has 2 aliphatic rings. The van der Waals surface area contributed by atoms with Crippen molar-refractivity contribution >= 4 is 10.0 Å². The maximum atomic E-state index is 12.2. The maximum Gasteiger partial charge on any atom is 0.214 e. The molecule has 0 heterocycles. The second-order valence-electron chi connectivity index (χ2n) is 6.04. The highest BCUT2D eigenvalue weighted by atomic mass is 32.2. The summed E-state index contributed by atoms with van der Waals surface area (Å²) in [7, 11) is -3.12. The zero-order chi connectivity index (χ0) is 13.1. The summed E-state index contributed by atoms with van der Waals surface area (Å²) in [5, 5.41) is -0.164. The lowest BCUT2D eigenvalue weighted by molar-refractivity contribution is 0.308. The Hall–Kier alpha value is -0.130. The van der Waals surface area contributed by atoms with E-state index in [9.17, 15) is 8.42 Å². The van der Waals surface area contributed by atoms with E-state index >= 15 is 0 Å². The third-order valence-corrected chi connectivity index (χ3v) is 6.63. The molecule has 4 nitrogen and oxygen atoms in total. The SMILES string of the molecule is NCC1(CNS(=O)(=O)C2CCCCC2)CCCC1. The topological polar surface area (TPSA) is 72.2 Å². The molecule has 0 aromatic carbocycles. The van der Waals surface area contributed by atoms with Gasteiger partial charge in [-0.05, 0) is 37.6 Å². The van der Waals surface area contributed by atoms with Crippen LogP contribution in [0.2, 0.25) is 0 Å². The summed E-state index contributed by atoms with van der Waals surface area (Å²) in [5.74, 6) is 0. The molecule has 0 amide bonds. The number of nitrogens with one attached hydrogen (secondary N) is 1. The van der Waals surface area contributed by atoms with E-state index in [0.29, 0.717) is 13.1 Å². The van der Waals surface area contributed by atoms with Crippen molar-refractivity contribution in [1.82, 2.24) is 4.72 Å². The Kier molecular flexibility index (Phi) is 4.67. The van der Waals surface area contributed by atoms with E-state index in [1.807, 2.05) is 0 Å². The van der Waals surface area contributed by atoms with Crippen molar-refractivity contribution in [3.63, 3.8) is 0 Å². The van der Waals surface area contributed by atoms with E-state index < -0.39 is 10.0 Å². The van der Waals surface area contributed by atoms with Crippen molar-refractivity contribution < 1.29 is 8.42 Å². The van der Waals surface area contributed by atoms with Gasteiger partial charge in [-0.3, -0.25) is 0 Å². The highest BCUT2D eigenvalue weighted by Gasteiger charge is 2.35. The second kappa shape index (κ2) is 5.88. The average Bonchev–Trinajstić information content (AvgIpc) is 2.87. The lowest BCUT2D eigenvalue weighted by Crippen LogP contribution is -2.44. The van der Waals surface area contributed by atoms with Crippen molar-refractivity contribution in [3.8, 4) is 0 Å².